The van der Waals surface area contributed by atoms with Gasteiger partial charge in [-0.3, -0.25) is 9.59 Å². The van der Waals surface area contributed by atoms with E-state index in [1.54, 1.807) is 6.07 Å². The topological polar surface area (TPSA) is 49.4 Å². The highest BCUT2D eigenvalue weighted by molar-refractivity contribution is 8.04. The summed E-state index contributed by atoms with van der Waals surface area (Å²) >= 11 is 1.44. The number of nitrogens with zero attached hydrogens (tertiary/aromatic N) is 1. The molecule has 1 N–H and O–H groups in total. The Morgan fingerprint density at radius 1 is 1.03 bits per heavy atom. The minimum absolute atomic E-state index is 0.00227. The van der Waals surface area contributed by atoms with Gasteiger partial charge in [0.1, 0.15) is 0 Å². The predicted molar refractivity (Wildman–Crippen MR) is 125 cm³/mol. The maximum absolute atomic E-state index is 13.1. The Labute approximate surface area is 186 Å². The number of fused-ring (bicyclic) bond motifs is 2. The quantitative estimate of drug-likeness (QED) is 0.567. The van der Waals surface area contributed by atoms with E-state index < -0.39 is 0 Å². The number of hydrogen-bond donors (Lipinski definition) is 1. The number of aryl methyl sites for hydroxylation is 1. The van der Waals surface area contributed by atoms with Gasteiger partial charge >= 0.3 is 0 Å². The van der Waals surface area contributed by atoms with E-state index in [4.69, 9.17) is 0 Å². The van der Waals surface area contributed by atoms with Gasteiger partial charge in [-0.1, -0.05) is 65.9 Å². The number of carbonyl (C=O) groups is 2. The molecule has 0 spiro atoms. The predicted octanol–water partition coefficient (Wildman–Crippen LogP) is 5.28. The van der Waals surface area contributed by atoms with Crippen molar-refractivity contribution >= 4 is 35.3 Å². The number of hydrogen-bond acceptors (Lipinski definition) is 3. The van der Waals surface area contributed by atoms with Crippen molar-refractivity contribution in [2.75, 3.05) is 11.9 Å². The summed E-state index contributed by atoms with van der Waals surface area (Å²) in [5.74, 6) is -0.146. The zero-order valence-electron chi connectivity index (χ0n) is 17.2. The maximum Gasteiger partial charge on any atom is 0.262 e. The molecular weight excluding hydrogens is 404 g/mol. The van der Waals surface area contributed by atoms with Crippen LogP contribution in [0.1, 0.15) is 32.6 Å². The maximum atomic E-state index is 13.1. The molecule has 5 rings (SSSR count). The van der Waals surface area contributed by atoms with Crippen LogP contribution in [0.15, 0.2) is 76.5 Å². The average molecular weight is 427 g/mol. The van der Waals surface area contributed by atoms with Crippen molar-refractivity contribution in [2.45, 2.75) is 24.8 Å². The van der Waals surface area contributed by atoms with Crippen LogP contribution >= 0.6 is 11.8 Å². The van der Waals surface area contributed by atoms with E-state index in [0.717, 1.165) is 16.9 Å². The second kappa shape index (κ2) is 8.08. The first-order valence-electron chi connectivity index (χ1n) is 10.3. The molecule has 0 radical (unpaired) electrons. The van der Waals surface area contributed by atoms with Gasteiger partial charge in [0, 0.05) is 23.5 Å². The van der Waals surface area contributed by atoms with Crippen molar-refractivity contribution in [3.63, 3.8) is 0 Å². The van der Waals surface area contributed by atoms with Crippen LogP contribution in [0.25, 0.3) is 6.08 Å². The lowest BCUT2D eigenvalue weighted by Crippen LogP contribution is -2.36. The molecule has 0 saturated heterocycles. The molecule has 2 heterocycles. The van der Waals surface area contributed by atoms with E-state index in [1.165, 1.54) is 28.5 Å². The van der Waals surface area contributed by atoms with Crippen LogP contribution in [0, 0.1) is 6.92 Å². The smallest absolute Gasteiger partial charge is 0.262 e. The number of anilines is 1. The van der Waals surface area contributed by atoms with Gasteiger partial charge in [0.15, 0.2) is 0 Å². The summed E-state index contributed by atoms with van der Waals surface area (Å²) in [6.07, 6.45) is 2.76. The van der Waals surface area contributed by atoms with Crippen LogP contribution in [0.4, 0.5) is 5.69 Å². The number of thioether (sulfide) groups is 1. The summed E-state index contributed by atoms with van der Waals surface area (Å²) in [6.45, 7) is 3.37. The van der Waals surface area contributed by atoms with E-state index >= 15 is 0 Å². The Morgan fingerprint density at radius 3 is 2.61 bits per heavy atom. The van der Waals surface area contributed by atoms with Crippen LogP contribution in [0.2, 0.25) is 0 Å². The third-order valence-corrected chi connectivity index (χ3v) is 6.81. The lowest BCUT2D eigenvalue weighted by Gasteiger charge is -2.29. The SMILES string of the molecule is Cc1ccc(/C=C2/Sc3ccc(C(=O)N4CCc5ccccc5C4)cc3NC2=O)cc1. The standard InChI is InChI=1S/C26H22N2O2S/c1-17-6-8-18(9-7-17)14-24-25(29)27-22-15-20(10-11-23(22)31-24)26(30)28-13-12-19-4-2-3-5-21(19)16-28/h2-11,14-15H,12-13,16H2,1H3,(H,27,29)/b24-14+. The highest BCUT2D eigenvalue weighted by Crippen LogP contribution is 2.39. The molecule has 2 amide bonds. The molecule has 2 aliphatic heterocycles. The average Bonchev–Trinajstić information content (AvgIpc) is 2.80. The van der Waals surface area contributed by atoms with Gasteiger partial charge in [-0.25, -0.2) is 0 Å². The van der Waals surface area contributed by atoms with E-state index in [0.29, 0.717) is 29.2 Å². The van der Waals surface area contributed by atoms with Gasteiger partial charge in [-0.05, 0) is 54.3 Å². The molecule has 0 fully saturated rings. The van der Waals surface area contributed by atoms with Gasteiger partial charge in [-0.15, -0.1) is 0 Å². The molecule has 0 saturated carbocycles. The molecule has 3 aromatic carbocycles. The summed E-state index contributed by atoms with van der Waals surface area (Å²) in [6, 6.07) is 21.9. The van der Waals surface area contributed by atoms with Crippen LogP contribution in [0.3, 0.4) is 0 Å². The van der Waals surface area contributed by atoms with Gasteiger partial charge < -0.3 is 10.2 Å². The normalized spacial score (nSPS) is 16.5. The molecule has 4 nitrogen and oxygen atoms in total. The first-order valence-corrected chi connectivity index (χ1v) is 11.2. The van der Waals surface area contributed by atoms with Crippen molar-refractivity contribution in [3.05, 3.63) is 99.5 Å². The summed E-state index contributed by atoms with van der Waals surface area (Å²) < 4.78 is 0. The molecule has 0 bridgehead atoms. The third-order valence-electron chi connectivity index (χ3n) is 5.71. The van der Waals surface area contributed by atoms with Crippen molar-refractivity contribution in [1.29, 1.82) is 0 Å². The summed E-state index contributed by atoms with van der Waals surface area (Å²) in [4.78, 5) is 29.2. The first-order chi connectivity index (χ1) is 15.1. The molecule has 0 atom stereocenters. The summed E-state index contributed by atoms with van der Waals surface area (Å²) in [5, 5.41) is 2.96. The van der Waals surface area contributed by atoms with E-state index in [2.05, 4.69) is 17.4 Å². The zero-order valence-corrected chi connectivity index (χ0v) is 18.0. The summed E-state index contributed by atoms with van der Waals surface area (Å²) in [7, 11) is 0. The Bertz CT molecular complexity index is 1210. The van der Waals surface area contributed by atoms with Crippen LogP contribution in [0.5, 0.6) is 0 Å². The Morgan fingerprint density at radius 2 is 1.81 bits per heavy atom. The monoisotopic (exact) mass is 426 g/mol. The van der Waals surface area contributed by atoms with Gasteiger partial charge in [-0.2, -0.15) is 0 Å². The molecule has 5 heteroatoms. The Hall–Kier alpha value is -3.31. The molecule has 3 aromatic rings. The van der Waals surface area contributed by atoms with Crippen LogP contribution < -0.4 is 5.32 Å². The van der Waals surface area contributed by atoms with Crippen molar-refractivity contribution in [1.82, 2.24) is 4.90 Å². The molecule has 31 heavy (non-hydrogen) atoms. The van der Waals surface area contributed by atoms with Crippen LogP contribution in [-0.2, 0) is 17.8 Å². The second-order valence-electron chi connectivity index (χ2n) is 7.93. The fourth-order valence-electron chi connectivity index (χ4n) is 3.96. The van der Waals surface area contributed by atoms with E-state index in [-0.39, 0.29) is 11.8 Å². The minimum Gasteiger partial charge on any atom is -0.334 e. The lowest BCUT2D eigenvalue weighted by atomic mass is 9.99. The molecule has 154 valence electrons. The highest BCUT2D eigenvalue weighted by atomic mass is 32.2. The molecule has 0 aromatic heterocycles. The zero-order chi connectivity index (χ0) is 21.4. The Balaban J connectivity index is 1.36. The fraction of sp³-hybridized carbons (Fsp3) is 0.154. The number of amides is 2. The summed E-state index contributed by atoms with van der Waals surface area (Å²) in [5.41, 5.74) is 5.99. The first kappa shape index (κ1) is 19.6. The van der Waals surface area contributed by atoms with Crippen LogP contribution in [-0.4, -0.2) is 23.3 Å². The van der Waals surface area contributed by atoms with Crippen molar-refractivity contribution in [2.24, 2.45) is 0 Å². The second-order valence-corrected chi connectivity index (χ2v) is 9.02. The van der Waals surface area contributed by atoms with Crippen molar-refractivity contribution < 1.29 is 9.59 Å². The van der Waals surface area contributed by atoms with Gasteiger partial charge in [0.25, 0.3) is 11.8 Å². The number of carbonyl (C=O) groups excluding carboxylic acids is 2. The number of rotatable bonds is 2. The molecule has 0 unspecified atom stereocenters. The third kappa shape index (κ3) is 4.01. The highest BCUT2D eigenvalue weighted by Gasteiger charge is 2.25. The fourth-order valence-corrected chi connectivity index (χ4v) is 4.89. The van der Waals surface area contributed by atoms with Crippen molar-refractivity contribution in [3.8, 4) is 0 Å². The van der Waals surface area contributed by atoms with Gasteiger partial charge in [0.2, 0.25) is 0 Å². The number of benzene rings is 3. The molecular formula is C26H22N2O2S. The molecule has 2 aliphatic rings. The van der Waals surface area contributed by atoms with E-state index in [9.17, 15) is 9.59 Å². The Kier molecular flexibility index (Phi) is 5.12. The largest absolute Gasteiger partial charge is 0.334 e. The van der Waals surface area contributed by atoms with Gasteiger partial charge in [0.05, 0.1) is 10.6 Å². The molecule has 0 aliphatic carbocycles. The lowest BCUT2D eigenvalue weighted by molar-refractivity contribution is -0.112. The minimum atomic E-state index is -0.144. The number of nitrogens with one attached hydrogen (secondary N) is 1. The van der Waals surface area contributed by atoms with E-state index in [1.807, 2.05) is 66.4 Å².